The minimum atomic E-state index is -3.15. The molecule has 2 aromatic rings. The van der Waals surface area contributed by atoms with Gasteiger partial charge >= 0.3 is 0 Å². The first-order valence-electron chi connectivity index (χ1n) is 6.89. The van der Waals surface area contributed by atoms with Crippen LogP contribution in [0.25, 0.3) is 0 Å². The standard InChI is InChI=1S/C13H17N5O2S2/c1-9-7-11(17-13-14-4-6-21-13)16-12(15-9)10-3-5-18(8-10)22(2,19)20/h4,6-7,10H,3,5,8H2,1-2H3,(H,14,15,16,17). The van der Waals surface area contributed by atoms with Crippen molar-refractivity contribution in [3.63, 3.8) is 0 Å². The van der Waals surface area contributed by atoms with Crippen molar-refractivity contribution >= 4 is 32.3 Å². The van der Waals surface area contributed by atoms with Crippen molar-refractivity contribution in [1.29, 1.82) is 0 Å². The Bertz CT molecular complexity index is 761. The number of nitrogens with one attached hydrogen (secondary N) is 1. The molecule has 0 spiro atoms. The second-order valence-electron chi connectivity index (χ2n) is 5.32. The summed E-state index contributed by atoms with van der Waals surface area (Å²) in [7, 11) is -3.15. The van der Waals surface area contributed by atoms with Gasteiger partial charge in [0.25, 0.3) is 0 Å². The van der Waals surface area contributed by atoms with E-state index in [0.717, 1.165) is 17.2 Å². The summed E-state index contributed by atoms with van der Waals surface area (Å²) in [6, 6.07) is 1.86. The molecule has 3 heterocycles. The highest BCUT2D eigenvalue weighted by Crippen LogP contribution is 2.28. The lowest BCUT2D eigenvalue weighted by Gasteiger charge is -2.13. The third-order valence-electron chi connectivity index (χ3n) is 3.52. The SMILES string of the molecule is Cc1cc(Nc2nccs2)nc(C2CCN(S(C)(=O)=O)C2)n1. The van der Waals surface area contributed by atoms with Crippen molar-refractivity contribution in [1.82, 2.24) is 19.3 Å². The Balaban J connectivity index is 1.81. The Morgan fingerprint density at radius 3 is 2.86 bits per heavy atom. The van der Waals surface area contributed by atoms with Crippen LogP contribution in [0.1, 0.15) is 23.9 Å². The van der Waals surface area contributed by atoms with Gasteiger partial charge in [-0.2, -0.15) is 0 Å². The molecule has 0 aromatic carbocycles. The Labute approximate surface area is 133 Å². The molecule has 3 rings (SSSR count). The molecule has 0 saturated carbocycles. The molecule has 7 nitrogen and oxygen atoms in total. The number of aryl methyl sites for hydroxylation is 1. The monoisotopic (exact) mass is 339 g/mol. The fourth-order valence-electron chi connectivity index (χ4n) is 2.47. The molecule has 1 fully saturated rings. The van der Waals surface area contributed by atoms with Crippen LogP contribution >= 0.6 is 11.3 Å². The molecular weight excluding hydrogens is 322 g/mol. The summed E-state index contributed by atoms with van der Waals surface area (Å²) in [6.45, 7) is 2.87. The molecule has 1 unspecified atom stereocenters. The van der Waals surface area contributed by atoms with Crippen LogP contribution in [0.2, 0.25) is 0 Å². The van der Waals surface area contributed by atoms with Gasteiger partial charge in [-0.15, -0.1) is 11.3 Å². The van der Waals surface area contributed by atoms with Crippen LogP contribution in [0.15, 0.2) is 17.6 Å². The number of thiazole rings is 1. The first-order chi connectivity index (χ1) is 10.4. The van der Waals surface area contributed by atoms with E-state index >= 15 is 0 Å². The molecule has 0 amide bonds. The lowest BCUT2D eigenvalue weighted by molar-refractivity contribution is 0.476. The fraction of sp³-hybridized carbons (Fsp3) is 0.462. The Hall–Kier alpha value is -1.58. The molecule has 1 saturated heterocycles. The molecule has 22 heavy (non-hydrogen) atoms. The zero-order valence-electron chi connectivity index (χ0n) is 12.4. The summed E-state index contributed by atoms with van der Waals surface area (Å²) in [5.74, 6) is 1.41. The maximum atomic E-state index is 11.6. The van der Waals surface area contributed by atoms with Crippen molar-refractivity contribution < 1.29 is 8.42 Å². The first-order valence-corrected chi connectivity index (χ1v) is 9.62. The highest BCUT2D eigenvalue weighted by atomic mass is 32.2. The van der Waals surface area contributed by atoms with Crippen LogP contribution in [0.4, 0.5) is 10.9 Å². The predicted octanol–water partition coefficient (Wildman–Crippen LogP) is 1.73. The zero-order chi connectivity index (χ0) is 15.7. The summed E-state index contributed by atoms with van der Waals surface area (Å²) in [6.07, 6.45) is 3.71. The zero-order valence-corrected chi connectivity index (χ0v) is 14.0. The van der Waals surface area contributed by atoms with Crippen LogP contribution < -0.4 is 5.32 Å². The van der Waals surface area contributed by atoms with Gasteiger partial charge in [-0.05, 0) is 13.3 Å². The third kappa shape index (κ3) is 3.42. The van der Waals surface area contributed by atoms with Crippen molar-refractivity contribution in [2.24, 2.45) is 0 Å². The van der Waals surface area contributed by atoms with E-state index < -0.39 is 10.0 Å². The number of sulfonamides is 1. The van der Waals surface area contributed by atoms with Gasteiger partial charge in [-0.25, -0.2) is 27.7 Å². The molecule has 1 aliphatic rings. The second-order valence-corrected chi connectivity index (χ2v) is 8.20. The summed E-state index contributed by atoms with van der Waals surface area (Å²) >= 11 is 1.50. The summed E-state index contributed by atoms with van der Waals surface area (Å²) in [4.78, 5) is 13.2. The van der Waals surface area contributed by atoms with Crippen LogP contribution in [0.3, 0.4) is 0 Å². The Morgan fingerprint density at radius 2 is 2.23 bits per heavy atom. The van der Waals surface area contributed by atoms with E-state index in [1.165, 1.54) is 21.9 Å². The van der Waals surface area contributed by atoms with E-state index in [2.05, 4.69) is 20.3 Å². The highest BCUT2D eigenvalue weighted by Gasteiger charge is 2.31. The number of nitrogens with zero attached hydrogens (tertiary/aromatic N) is 4. The molecule has 9 heteroatoms. The summed E-state index contributed by atoms with van der Waals surface area (Å²) in [5.41, 5.74) is 0.849. The molecule has 2 aromatic heterocycles. The number of aromatic nitrogens is 3. The molecular formula is C13H17N5O2S2. The van der Waals surface area contributed by atoms with Gasteiger partial charge in [0.1, 0.15) is 11.6 Å². The maximum Gasteiger partial charge on any atom is 0.211 e. The smallest absolute Gasteiger partial charge is 0.211 e. The number of anilines is 2. The Morgan fingerprint density at radius 1 is 1.41 bits per heavy atom. The number of hydrogen-bond acceptors (Lipinski definition) is 7. The van der Waals surface area contributed by atoms with Crippen LogP contribution in [-0.2, 0) is 10.0 Å². The van der Waals surface area contributed by atoms with E-state index in [4.69, 9.17) is 0 Å². The third-order valence-corrected chi connectivity index (χ3v) is 5.48. The van der Waals surface area contributed by atoms with Crippen LogP contribution in [-0.4, -0.2) is 47.0 Å². The first kappa shape index (κ1) is 15.3. The molecule has 0 aliphatic carbocycles. The van der Waals surface area contributed by atoms with E-state index in [9.17, 15) is 8.42 Å². The summed E-state index contributed by atoms with van der Waals surface area (Å²) < 4.78 is 24.7. The lowest BCUT2D eigenvalue weighted by atomic mass is 10.1. The van der Waals surface area contributed by atoms with Crippen molar-refractivity contribution in [3.8, 4) is 0 Å². The second kappa shape index (κ2) is 5.90. The minimum absolute atomic E-state index is 0.0338. The van der Waals surface area contributed by atoms with Crippen molar-refractivity contribution in [2.75, 3.05) is 24.7 Å². The van der Waals surface area contributed by atoms with Crippen LogP contribution in [0.5, 0.6) is 0 Å². The van der Waals surface area contributed by atoms with E-state index in [-0.39, 0.29) is 5.92 Å². The summed E-state index contributed by atoms with van der Waals surface area (Å²) in [5, 5.41) is 5.81. The van der Waals surface area contributed by atoms with Crippen molar-refractivity contribution in [2.45, 2.75) is 19.3 Å². The Kier molecular flexibility index (Phi) is 4.11. The molecule has 0 bridgehead atoms. The molecule has 1 atom stereocenters. The minimum Gasteiger partial charge on any atom is -0.316 e. The average molecular weight is 339 g/mol. The van der Waals surface area contributed by atoms with Gasteiger partial charge in [0, 0.05) is 42.3 Å². The molecule has 1 N–H and O–H groups in total. The topological polar surface area (TPSA) is 88.1 Å². The molecule has 118 valence electrons. The quantitative estimate of drug-likeness (QED) is 0.913. The number of rotatable bonds is 4. The fourth-order valence-corrected chi connectivity index (χ4v) is 3.90. The average Bonchev–Trinajstić information content (AvgIpc) is 3.07. The maximum absolute atomic E-state index is 11.6. The van der Waals surface area contributed by atoms with E-state index in [1.807, 2.05) is 18.4 Å². The normalized spacial score (nSPS) is 19.5. The largest absolute Gasteiger partial charge is 0.316 e. The van der Waals surface area contributed by atoms with Gasteiger partial charge in [-0.3, -0.25) is 0 Å². The van der Waals surface area contributed by atoms with Crippen molar-refractivity contribution in [3.05, 3.63) is 29.2 Å². The lowest BCUT2D eigenvalue weighted by Crippen LogP contribution is -2.27. The van der Waals surface area contributed by atoms with Gasteiger partial charge in [0.2, 0.25) is 10.0 Å². The van der Waals surface area contributed by atoms with E-state index in [1.54, 1.807) is 6.20 Å². The molecule has 1 aliphatic heterocycles. The number of hydrogen-bond donors (Lipinski definition) is 1. The van der Waals surface area contributed by atoms with Gasteiger partial charge in [-0.1, -0.05) is 0 Å². The highest BCUT2D eigenvalue weighted by molar-refractivity contribution is 7.88. The van der Waals surface area contributed by atoms with E-state index in [0.29, 0.717) is 24.7 Å². The molecule has 0 radical (unpaired) electrons. The predicted molar refractivity (Wildman–Crippen MR) is 85.9 cm³/mol. The van der Waals surface area contributed by atoms with Gasteiger partial charge in [0.15, 0.2) is 5.13 Å². The van der Waals surface area contributed by atoms with Gasteiger partial charge < -0.3 is 5.32 Å². The van der Waals surface area contributed by atoms with Crippen LogP contribution in [0, 0.1) is 6.92 Å². The van der Waals surface area contributed by atoms with Gasteiger partial charge in [0.05, 0.1) is 6.26 Å².